The number of nitrogen functional groups attached to an aromatic ring is 1. The van der Waals surface area contributed by atoms with Crippen LogP contribution in [0.1, 0.15) is 41.8 Å². The number of rotatable bonds is 3. The molecule has 0 saturated heterocycles. The summed E-state index contributed by atoms with van der Waals surface area (Å²) in [5.74, 6) is -0.0614. The maximum atomic E-state index is 12.6. The van der Waals surface area contributed by atoms with E-state index in [1.54, 1.807) is 0 Å². The first-order valence-corrected chi connectivity index (χ1v) is 9.59. The summed E-state index contributed by atoms with van der Waals surface area (Å²) < 4.78 is 0. The topological polar surface area (TPSA) is 68.0 Å². The SMILES string of the molecule is Nc1c(C(=O)NC2CCCCC2)sc2nc(-c3ccccc3)ccc12. The summed E-state index contributed by atoms with van der Waals surface area (Å²) in [6.45, 7) is 0. The summed E-state index contributed by atoms with van der Waals surface area (Å²) >= 11 is 1.38. The van der Waals surface area contributed by atoms with Crippen LogP contribution in [0.5, 0.6) is 0 Å². The molecule has 3 N–H and O–H groups in total. The number of anilines is 1. The minimum atomic E-state index is -0.0614. The highest BCUT2D eigenvalue weighted by molar-refractivity contribution is 7.21. The zero-order valence-electron chi connectivity index (χ0n) is 14.0. The van der Waals surface area contributed by atoms with Crippen molar-refractivity contribution in [2.45, 2.75) is 38.1 Å². The van der Waals surface area contributed by atoms with Gasteiger partial charge in [-0.15, -0.1) is 11.3 Å². The summed E-state index contributed by atoms with van der Waals surface area (Å²) in [6, 6.07) is 14.2. The summed E-state index contributed by atoms with van der Waals surface area (Å²) in [4.78, 5) is 18.8. The Bertz CT molecular complexity index is 898. The van der Waals surface area contributed by atoms with Gasteiger partial charge in [-0.1, -0.05) is 49.6 Å². The smallest absolute Gasteiger partial charge is 0.263 e. The van der Waals surface area contributed by atoms with Crippen molar-refractivity contribution in [3.8, 4) is 11.3 Å². The average Bonchev–Trinajstić information content (AvgIpc) is 2.99. The summed E-state index contributed by atoms with van der Waals surface area (Å²) in [7, 11) is 0. The number of nitrogens with one attached hydrogen (secondary N) is 1. The maximum Gasteiger partial charge on any atom is 0.263 e. The number of hydrogen-bond donors (Lipinski definition) is 2. The van der Waals surface area contributed by atoms with Gasteiger partial charge in [0.15, 0.2) is 0 Å². The number of aromatic nitrogens is 1. The molecule has 1 aliphatic rings. The number of thiophene rings is 1. The van der Waals surface area contributed by atoms with Crippen molar-refractivity contribution in [3.63, 3.8) is 0 Å². The molecule has 1 saturated carbocycles. The van der Waals surface area contributed by atoms with E-state index in [9.17, 15) is 4.79 Å². The third kappa shape index (κ3) is 3.24. The van der Waals surface area contributed by atoms with Crippen LogP contribution in [0.2, 0.25) is 0 Å². The maximum absolute atomic E-state index is 12.6. The summed E-state index contributed by atoms with van der Waals surface area (Å²) in [5, 5.41) is 4.01. The molecule has 1 amide bonds. The zero-order valence-corrected chi connectivity index (χ0v) is 14.8. The largest absolute Gasteiger partial charge is 0.397 e. The highest BCUT2D eigenvalue weighted by Crippen LogP contribution is 2.34. The molecule has 128 valence electrons. The van der Waals surface area contributed by atoms with Gasteiger partial charge in [0.2, 0.25) is 0 Å². The monoisotopic (exact) mass is 351 g/mol. The molecule has 2 heterocycles. The Labute approximate surface area is 151 Å². The fraction of sp³-hybridized carbons (Fsp3) is 0.300. The molecule has 1 fully saturated rings. The number of nitrogens with zero attached hydrogens (tertiary/aromatic N) is 1. The lowest BCUT2D eigenvalue weighted by atomic mass is 9.95. The molecule has 0 aliphatic heterocycles. The number of amides is 1. The Morgan fingerprint density at radius 2 is 1.84 bits per heavy atom. The van der Waals surface area contributed by atoms with Crippen molar-refractivity contribution < 1.29 is 4.79 Å². The number of nitrogens with two attached hydrogens (primary N) is 1. The molecule has 25 heavy (non-hydrogen) atoms. The second kappa shape index (κ2) is 6.84. The lowest BCUT2D eigenvalue weighted by Crippen LogP contribution is -2.36. The standard InChI is InChI=1S/C20H21N3OS/c21-17-15-11-12-16(13-7-3-1-4-8-13)23-20(15)25-18(17)19(24)22-14-9-5-2-6-10-14/h1,3-4,7-8,11-12,14H,2,5-6,9-10,21H2,(H,22,24). The first kappa shape index (κ1) is 16.1. The van der Waals surface area contributed by atoms with Gasteiger partial charge in [-0.2, -0.15) is 0 Å². The molecule has 2 aromatic heterocycles. The Morgan fingerprint density at radius 3 is 2.60 bits per heavy atom. The van der Waals surface area contributed by atoms with E-state index in [0.29, 0.717) is 10.6 Å². The Kier molecular flexibility index (Phi) is 4.40. The van der Waals surface area contributed by atoms with Crippen LogP contribution in [0.25, 0.3) is 21.5 Å². The highest BCUT2D eigenvalue weighted by Gasteiger charge is 2.21. The van der Waals surface area contributed by atoms with Crippen LogP contribution in [0.15, 0.2) is 42.5 Å². The van der Waals surface area contributed by atoms with Gasteiger partial charge < -0.3 is 11.1 Å². The Morgan fingerprint density at radius 1 is 1.08 bits per heavy atom. The highest BCUT2D eigenvalue weighted by atomic mass is 32.1. The summed E-state index contributed by atoms with van der Waals surface area (Å²) in [5.41, 5.74) is 8.74. The van der Waals surface area contributed by atoms with Gasteiger partial charge >= 0.3 is 0 Å². The minimum absolute atomic E-state index is 0.0614. The van der Waals surface area contributed by atoms with E-state index in [0.717, 1.165) is 34.3 Å². The van der Waals surface area contributed by atoms with E-state index >= 15 is 0 Å². The van der Waals surface area contributed by atoms with Crippen LogP contribution in [0.3, 0.4) is 0 Å². The van der Waals surface area contributed by atoms with Crippen LogP contribution in [-0.2, 0) is 0 Å². The number of carbonyl (C=O) groups excluding carboxylic acids is 1. The molecule has 1 aromatic carbocycles. The van der Waals surface area contributed by atoms with Crippen molar-refractivity contribution in [1.82, 2.24) is 10.3 Å². The van der Waals surface area contributed by atoms with Gasteiger partial charge in [-0.3, -0.25) is 4.79 Å². The zero-order chi connectivity index (χ0) is 17.2. The Balaban J connectivity index is 1.63. The van der Waals surface area contributed by atoms with Crippen molar-refractivity contribution in [2.24, 2.45) is 0 Å². The van der Waals surface area contributed by atoms with Gasteiger partial charge in [-0.05, 0) is 25.0 Å². The van der Waals surface area contributed by atoms with Gasteiger partial charge in [0.1, 0.15) is 9.71 Å². The molecule has 1 aliphatic carbocycles. The molecular formula is C20H21N3OS. The van der Waals surface area contributed by atoms with Crippen molar-refractivity contribution in [1.29, 1.82) is 0 Å². The molecule has 0 unspecified atom stereocenters. The molecule has 0 spiro atoms. The van der Waals surface area contributed by atoms with E-state index < -0.39 is 0 Å². The molecule has 0 bridgehead atoms. The van der Waals surface area contributed by atoms with Crippen LogP contribution in [0, 0.1) is 0 Å². The van der Waals surface area contributed by atoms with Crippen LogP contribution >= 0.6 is 11.3 Å². The number of pyridine rings is 1. The molecular weight excluding hydrogens is 330 g/mol. The molecule has 5 heteroatoms. The predicted octanol–water partition coefficient (Wildman–Crippen LogP) is 4.61. The first-order chi connectivity index (χ1) is 12.2. The number of carbonyl (C=O) groups is 1. The molecule has 4 nitrogen and oxygen atoms in total. The molecule has 0 radical (unpaired) electrons. The number of hydrogen-bond acceptors (Lipinski definition) is 4. The first-order valence-electron chi connectivity index (χ1n) is 8.77. The second-order valence-corrected chi connectivity index (χ2v) is 7.57. The van der Waals surface area contributed by atoms with Crippen molar-refractivity contribution in [2.75, 3.05) is 5.73 Å². The minimum Gasteiger partial charge on any atom is -0.397 e. The van der Waals surface area contributed by atoms with Crippen LogP contribution in [0.4, 0.5) is 5.69 Å². The normalized spacial score (nSPS) is 15.4. The quantitative estimate of drug-likeness (QED) is 0.724. The molecule has 0 atom stereocenters. The number of fused-ring (bicyclic) bond motifs is 1. The Hall–Kier alpha value is -2.40. The molecule has 4 rings (SSSR count). The second-order valence-electron chi connectivity index (χ2n) is 6.57. The van der Waals surface area contributed by atoms with Gasteiger partial charge in [0.05, 0.1) is 11.4 Å². The van der Waals surface area contributed by atoms with E-state index in [4.69, 9.17) is 10.7 Å². The lowest BCUT2D eigenvalue weighted by Gasteiger charge is -2.22. The van der Waals surface area contributed by atoms with E-state index in [1.807, 2.05) is 42.5 Å². The molecule has 3 aromatic rings. The van der Waals surface area contributed by atoms with E-state index in [1.165, 1.54) is 30.6 Å². The summed E-state index contributed by atoms with van der Waals surface area (Å²) in [6.07, 6.45) is 5.77. The van der Waals surface area contributed by atoms with E-state index in [2.05, 4.69) is 5.32 Å². The fourth-order valence-electron chi connectivity index (χ4n) is 3.43. The fourth-order valence-corrected chi connectivity index (χ4v) is 4.43. The number of benzene rings is 1. The van der Waals surface area contributed by atoms with Crippen molar-refractivity contribution in [3.05, 3.63) is 47.3 Å². The van der Waals surface area contributed by atoms with Crippen LogP contribution in [-0.4, -0.2) is 16.9 Å². The van der Waals surface area contributed by atoms with Crippen molar-refractivity contribution >= 4 is 33.1 Å². The van der Waals surface area contributed by atoms with Gasteiger partial charge in [-0.25, -0.2) is 4.98 Å². The third-order valence-electron chi connectivity index (χ3n) is 4.81. The third-order valence-corrected chi connectivity index (χ3v) is 5.92. The van der Waals surface area contributed by atoms with Gasteiger partial charge in [0, 0.05) is 17.0 Å². The lowest BCUT2D eigenvalue weighted by molar-refractivity contribution is 0.0932. The average molecular weight is 351 g/mol. The predicted molar refractivity (Wildman–Crippen MR) is 104 cm³/mol. The van der Waals surface area contributed by atoms with E-state index in [-0.39, 0.29) is 11.9 Å². The van der Waals surface area contributed by atoms with Gasteiger partial charge in [0.25, 0.3) is 5.91 Å². The van der Waals surface area contributed by atoms with Crippen LogP contribution < -0.4 is 11.1 Å².